The van der Waals surface area contributed by atoms with E-state index in [1.165, 1.54) is 45.3 Å². The number of nitrogens with zero attached hydrogens (tertiary/aromatic N) is 8. The molecular weight excluding hydrogens is 713 g/mol. The van der Waals surface area contributed by atoms with Crippen molar-refractivity contribution in [3.05, 3.63) is 35.7 Å². The van der Waals surface area contributed by atoms with Crippen molar-refractivity contribution < 1.29 is 18.9 Å². The van der Waals surface area contributed by atoms with E-state index in [2.05, 4.69) is 9.98 Å². The van der Waals surface area contributed by atoms with E-state index in [4.69, 9.17) is 28.9 Å². The molecule has 0 fully saturated rings. The van der Waals surface area contributed by atoms with Crippen molar-refractivity contribution in [2.45, 2.75) is 38.9 Å². The Kier molecular flexibility index (Phi) is 7.94. The number of benzene rings is 1. The summed E-state index contributed by atoms with van der Waals surface area (Å²) in [6.45, 7) is 7.87. The molecule has 0 radical (unpaired) electrons. The van der Waals surface area contributed by atoms with Crippen LogP contribution in [0.3, 0.4) is 0 Å². The Hall–Kier alpha value is -5.62. The van der Waals surface area contributed by atoms with Gasteiger partial charge >= 0.3 is 0 Å². The average molecular weight is 735 g/mol. The van der Waals surface area contributed by atoms with Crippen LogP contribution >= 0.6 is 45.3 Å². The van der Waals surface area contributed by atoms with E-state index in [-0.39, 0.29) is 11.4 Å². The lowest BCUT2D eigenvalue weighted by Gasteiger charge is -2.35. The van der Waals surface area contributed by atoms with E-state index >= 15 is 0 Å². The Labute approximate surface area is 302 Å². The second-order valence-electron chi connectivity index (χ2n) is 11.8. The topological polar surface area (TPSA) is 183 Å². The Morgan fingerprint density at radius 1 is 0.620 bits per heavy atom. The number of hydrogen-bond acceptors (Lipinski definition) is 16. The molecule has 0 atom stereocenters. The van der Waals surface area contributed by atoms with Crippen molar-refractivity contribution in [3.63, 3.8) is 0 Å². The summed E-state index contributed by atoms with van der Waals surface area (Å²) in [6, 6.07) is 14.5. The number of aromatic nitrogens is 2. The van der Waals surface area contributed by atoms with Crippen LogP contribution in [-0.2, 0) is 11.2 Å². The normalized spacial score (nSPS) is 14.0. The standard InChI is InChI=1S/C34H22N8O4S4/c1-33(2)29-25(49-31(41-29)27-21(43-5)9-23(47-27)39-15(11-35)12-36)17-8-20-18(7-19(17)45-33)26-30(34(3,4)46-20)42-32(50-26)28-22(44-6)10-24(48-28)40-16(13-37)14-38/h7-10H,1-6H3. The zero-order valence-electron chi connectivity index (χ0n) is 27.2. The summed E-state index contributed by atoms with van der Waals surface area (Å²) in [4.78, 5) is 21.6. The molecule has 16 heteroatoms. The maximum atomic E-state index is 9.19. The number of methoxy groups -OCH3 is 2. The molecule has 0 bridgehead atoms. The monoisotopic (exact) mass is 734 g/mol. The summed E-state index contributed by atoms with van der Waals surface area (Å²) in [5, 5.41) is 39.1. The van der Waals surface area contributed by atoms with Gasteiger partial charge in [-0.3, -0.25) is 0 Å². The molecule has 4 aromatic heterocycles. The van der Waals surface area contributed by atoms with Crippen LogP contribution in [0.25, 0.3) is 40.7 Å². The van der Waals surface area contributed by atoms with E-state index in [9.17, 15) is 21.0 Å². The number of thiophene rings is 2. The SMILES string of the molecule is COc1cc(N=C(C#N)C#N)sc1-c1nc2c(s1)-c1cc3c(cc1OC2(C)C)-c1sc(-c2sc(N=C(C#N)C#N)cc2OC)nc1C(C)(C)O3. The van der Waals surface area contributed by atoms with Gasteiger partial charge in [0.05, 0.1) is 24.0 Å². The van der Waals surface area contributed by atoms with Crippen LogP contribution in [0, 0.1) is 45.3 Å². The molecule has 2 aliphatic rings. The first-order valence-electron chi connectivity index (χ1n) is 14.7. The van der Waals surface area contributed by atoms with Crippen molar-refractivity contribution in [3.8, 4) is 87.9 Å². The van der Waals surface area contributed by atoms with Gasteiger partial charge in [-0.05, 0) is 39.8 Å². The van der Waals surface area contributed by atoms with Crippen molar-refractivity contribution in [2.75, 3.05) is 14.2 Å². The van der Waals surface area contributed by atoms with Crippen molar-refractivity contribution in [1.82, 2.24) is 9.97 Å². The lowest BCUT2D eigenvalue weighted by Crippen LogP contribution is -2.31. The maximum absolute atomic E-state index is 9.19. The minimum absolute atomic E-state index is 0.246. The maximum Gasteiger partial charge on any atom is 0.219 e. The number of fused-ring (bicyclic) bond motifs is 6. The first kappa shape index (κ1) is 32.9. The van der Waals surface area contributed by atoms with Crippen LogP contribution in [-0.4, -0.2) is 35.6 Å². The third-order valence-corrected chi connectivity index (χ3v) is 12.3. The van der Waals surface area contributed by atoms with Gasteiger partial charge in [0, 0.05) is 23.3 Å². The Balaban J connectivity index is 1.34. The summed E-state index contributed by atoms with van der Waals surface area (Å²) in [6.07, 6.45) is 0. The minimum atomic E-state index is -0.783. The molecule has 0 unspecified atom stereocenters. The van der Waals surface area contributed by atoms with Gasteiger partial charge < -0.3 is 18.9 Å². The molecule has 2 aliphatic heterocycles. The Bertz CT molecular complexity index is 2280. The molecule has 50 heavy (non-hydrogen) atoms. The summed E-state index contributed by atoms with van der Waals surface area (Å²) in [5.74, 6) is 2.41. The van der Waals surface area contributed by atoms with Crippen LogP contribution in [0.1, 0.15) is 39.1 Å². The van der Waals surface area contributed by atoms with E-state index in [1.54, 1.807) is 50.6 Å². The Morgan fingerprint density at radius 2 is 1.00 bits per heavy atom. The molecule has 0 aliphatic carbocycles. The van der Waals surface area contributed by atoms with Gasteiger partial charge in [0.2, 0.25) is 11.4 Å². The molecule has 246 valence electrons. The zero-order chi connectivity index (χ0) is 35.5. The first-order chi connectivity index (χ1) is 23.9. The quantitative estimate of drug-likeness (QED) is 0.153. The molecule has 5 aromatic rings. The van der Waals surface area contributed by atoms with Crippen LogP contribution < -0.4 is 18.9 Å². The highest BCUT2D eigenvalue weighted by molar-refractivity contribution is 7.26. The fourth-order valence-electron chi connectivity index (χ4n) is 5.55. The molecule has 0 amide bonds. The third-order valence-electron chi connectivity index (χ3n) is 7.76. The predicted octanol–water partition coefficient (Wildman–Crippen LogP) is 8.90. The number of thiazole rings is 2. The van der Waals surface area contributed by atoms with E-state index in [1.807, 2.05) is 39.8 Å². The number of hydrogen-bond donors (Lipinski definition) is 0. The minimum Gasteiger partial charge on any atom is -0.495 e. The number of rotatable bonds is 6. The third kappa shape index (κ3) is 5.36. The summed E-state index contributed by atoms with van der Waals surface area (Å²) >= 11 is 5.55. The molecule has 1 aromatic carbocycles. The highest BCUT2D eigenvalue weighted by Gasteiger charge is 2.42. The molecule has 7 rings (SSSR count). The molecule has 0 spiro atoms. The average Bonchev–Trinajstić information content (AvgIpc) is 3.90. The van der Waals surface area contributed by atoms with Gasteiger partial charge in [-0.25, -0.2) is 20.0 Å². The lowest BCUT2D eigenvalue weighted by atomic mass is 9.92. The molecule has 0 N–H and O–H groups in total. The first-order valence-corrected chi connectivity index (χ1v) is 17.9. The fourth-order valence-corrected chi connectivity index (χ4v) is 10.2. The van der Waals surface area contributed by atoms with Crippen LogP contribution in [0.4, 0.5) is 10.0 Å². The van der Waals surface area contributed by atoms with Gasteiger partial charge in [0.25, 0.3) is 0 Å². The van der Waals surface area contributed by atoms with E-state index < -0.39 is 11.2 Å². The van der Waals surface area contributed by atoms with Crippen LogP contribution in [0.5, 0.6) is 23.0 Å². The van der Waals surface area contributed by atoms with Crippen LogP contribution in [0.2, 0.25) is 0 Å². The molecule has 12 nitrogen and oxygen atoms in total. The second-order valence-corrected chi connectivity index (χ2v) is 15.9. The summed E-state index contributed by atoms with van der Waals surface area (Å²) in [7, 11) is 3.10. The number of nitriles is 4. The van der Waals surface area contributed by atoms with Crippen molar-refractivity contribution in [2.24, 2.45) is 9.98 Å². The smallest absolute Gasteiger partial charge is 0.219 e. The predicted molar refractivity (Wildman–Crippen MR) is 192 cm³/mol. The van der Waals surface area contributed by atoms with Gasteiger partial charge in [0.15, 0.2) is 0 Å². The highest BCUT2D eigenvalue weighted by Crippen LogP contribution is 2.58. The zero-order valence-corrected chi connectivity index (χ0v) is 30.4. The molecule has 0 saturated carbocycles. The highest BCUT2D eigenvalue weighted by atomic mass is 32.1. The van der Waals surface area contributed by atoms with Gasteiger partial charge in [-0.2, -0.15) is 21.0 Å². The largest absolute Gasteiger partial charge is 0.495 e. The lowest BCUT2D eigenvalue weighted by molar-refractivity contribution is 0.0957. The van der Waals surface area contributed by atoms with E-state index in [0.29, 0.717) is 43.0 Å². The van der Waals surface area contributed by atoms with Crippen molar-refractivity contribution in [1.29, 1.82) is 21.0 Å². The van der Waals surface area contributed by atoms with Crippen LogP contribution in [0.15, 0.2) is 34.3 Å². The van der Waals surface area contributed by atoms with Crippen molar-refractivity contribution >= 4 is 66.8 Å². The summed E-state index contributed by atoms with van der Waals surface area (Å²) in [5.41, 5.74) is 1.14. The fraction of sp³-hybridized carbons (Fsp3) is 0.235. The van der Waals surface area contributed by atoms with Gasteiger partial charge in [0.1, 0.15) is 99.6 Å². The van der Waals surface area contributed by atoms with Gasteiger partial charge in [-0.15, -0.1) is 45.3 Å². The van der Waals surface area contributed by atoms with Gasteiger partial charge in [-0.1, -0.05) is 0 Å². The molecule has 0 saturated heterocycles. The molecular formula is C34H22N8O4S4. The number of ether oxygens (including phenoxy) is 4. The number of aliphatic imine (C=N–C) groups is 2. The van der Waals surface area contributed by atoms with E-state index in [0.717, 1.165) is 42.0 Å². The summed E-state index contributed by atoms with van der Waals surface area (Å²) < 4.78 is 24.5. The Morgan fingerprint density at radius 3 is 1.34 bits per heavy atom. The second kappa shape index (κ2) is 12.1. The molecule has 6 heterocycles.